The normalized spacial score (nSPS) is 18.0. The fraction of sp³-hybridized carbons (Fsp3) is 0.308. The van der Waals surface area contributed by atoms with Gasteiger partial charge in [0.2, 0.25) is 0 Å². The Balaban J connectivity index is 1.01. The number of carbonyl (C=O) groups excluding carboxylic acids is 3. The van der Waals surface area contributed by atoms with E-state index >= 15 is 0 Å². The molecular weight excluding hydrogens is 920 g/mol. The van der Waals surface area contributed by atoms with Crippen molar-refractivity contribution in [2.24, 2.45) is 11.8 Å². The average Bonchev–Trinajstić information content (AvgIpc) is 3.64. The Labute approximate surface area is 400 Å². The molecule has 3 amide bonds. The number of rotatable bonds is 10. The minimum atomic E-state index is -0.588. The molecule has 7 aromatic carbocycles. The zero-order valence-corrected chi connectivity index (χ0v) is 39.2. The first-order chi connectivity index (χ1) is 32.0. The number of nitrogens with zero attached hydrogens (tertiary/aromatic N) is 2. The van der Waals surface area contributed by atoms with Gasteiger partial charge in [-0.15, -0.1) is 0 Å². The van der Waals surface area contributed by atoms with Gasteiger partial charge in [-0.05, 0) is 61.4 Å². The van der Waals surface area contributed by atoms with E-state index in [1.54, 1.807) is 60.7 Å². The van der Waals surface area contributed by atoms with Crippen LogP contribution in [0.15, 0.2) is 60.7 Å². The van der Waals surface area contributed by atoms with Crippen LogP contribution in [-0.4, -0.2) is 50.0 Å². The number of hydrogen-bond acceptors (Lipinski definition) is 8. The van der Waals surface area contributed by atoms with E-state index in [4.69, 9.17) is 65.4 Å². The van der Waals surface area contributed by atoms with Crippen molar-refractivity contribution in [3.05, 3.63) is 103 Å². The third kappa shape index (κ3) is 6.65. The zero-order valence-electron chi connectivity index (χ0n) is 36.2. The first-order valence-electron chi connectivity index (χ1n) is 22.6. The Morgan fingerprint density at radius 2 is 0.833 bits per heavy atom. The Morgan fingerprint density at radius 1 is 0.470 bits per heavy atom. The maximum absolute atomic E-state index is 14.8. The van der Waals surface area contributed by atoms with Gasteiger partial charge in [0.25, 0.3) is 17.7 Å². The van der Waals surface area contributed by atoms with Gasteiger partial charge in [-0.2, -0.15) is 0 Å². The maximum atomic E-state index is 14.8. The van der Waals surface area contributed by atoms with Crippen LogP contribution >= 0.6 is 46.4 Å². The number of benzene rings is 7. The summed E-state index contributed by atoms with van der Waals surface area (Å²) in [6, 6.07) is 16.6. The minimum absolute atomic E-state index is 0.104. The lowest BCUT2D eigenvalue weighted by Gasteiger charge is -2.32. The van der Waals surface area contributed by atoms with Gasteiger partial charge < -0.3 is 18.9 Å². The molecule has 0 spiro atoms. The van der Waals surface area contributed by atoms with E-state index in [1.165, 1.54) is 4.90 Å². The molecule has 4 heterocycles. The molecule has 2 atom stereocenters. The van der Waals surface area contributed by atoms with Gasteiger partial charge in [0.05, 0.1) is 54.5 Å². The van der Waals surface area contributed by atoms with Crippen LogP contribution in [0.2, 0.25) is 20.1 Å². The second kappa shape index (κ2) is 16.7. The lowest BCUT2D eigenvalue weighted by atomic mass is 9.81. The molecule has 10 nitrogen and oxygen atoms in total. The molecule has 0 aromatic heterocycles. The molecule has 11 rings (SSSR count). The molecule has 0 fully saturated rings. The molecule has 1 N–H and O–H groups in total. The molecule has 0 aliphatic carbocycles. The van der Waals surface area contributed by atoms with E-state index in [0.717, 1.165) is 56.3 Å². The number of unbranched alkanes of at least 4 members (excludes halogenated alkanes) is 4. The van der Waals surface area contributed by atoms with Crippen molar-refractivity contribution in [3.8, 4) is 23.0 Å². The minimum Gasteiger partial charge on any atom is -0.489 e. The van der Waals surface area contributed by atoms with Crippen LogP contribution in [0.3, 0.4) is 0 Å². The Bertz CT molecular complexity index is 2920. The number of anilines is 2. The summed E-state index contributed by atoms with van der Waals surface area (Å²) in [7, 11) is 0. The Hall–Kier alpha value is -5.52. The van der Waals surface area contributed by atoms with Gasteiger partial charge in [-0.25, -0.2) is 4.90 Å². The number of nitrogens with one attached hydrogen (secondary N) is 1. The largest absolute Gasteiger partial charge is 0.489 e. The third-order valence-corrected chi connectivity index (χ3v) is 14.8. The molecule has 0 bridgehead atoms. The predicted molar refractivity (Wildman–Crippen MR) is 263 cm³/mol. The van der Waals surface area contributed by atoms with Gasteiger partial charge >= 0.3 is 0 Å². The quantitative estimate of drug-likeness (QED) is 0.0627. The lowest BCUT2D eigenvalue weighted by molar-refractivity contribution is 0.0892. The molecule has 0 saturated carbocycles. The molecule has 4 aliphatic rings. The summed E-state index contributed by atoms with van der Waals surface area (Å²) in [6.45, 7) is 6.32. The fourth-order valence-corrected chi connectivity index (χ4v) is 11.5. The summed E-state index contributed by atoms with van der Waals surface area (Å²) >= 11 is 29.2. The molecule has 66 heavy (non-hydrogen) atoms. The highest BCUT2D eigenvalue weighted by Gasteiger charge is 2.40. The van der Waals surface area contributed by atoms with Crippen molar-refractivity contribution in [1.29, 1.82) is 5.41 Å². The van der Waals surface area contributed by atoms with Gasteiger partial charge in [0, 0.05) is 92.7 Å². The standard InChI is InChI=1S/C52H43Cl4N3O7/c1-3-5-7-9-25-21-63-37-13-11-27(15-39(37)65-23-25)58-49(57)29-17-33(53)43-45-35(55)19-31-42-32(20-36(56)46(48(42)45)44-34(54)18-30(50(58)60)41(29)47(43)44)52(62)59(51(31)61)28-12-14-38-40(16-28)66-24-26(22-64-38)10-8-6-4-2/h11-20,25-26,57H,3-10,21-24H2,1-2H3. The second-order valence-electron chi connectivity index (χ2n) is 17.8. The molecule has 4 aliphatic heterocycles. The van der Waals surface area contributed by atoms with Crippen LogP contribution < -0.4 is 28.7 Å². The number of amidine groups is 1. The summed E-state index contributed by atoms with van der Waals surface area (Å²) in [5.74, 6) is 0.744. The Morgan fingerprint density at radius 3 is 1.26 bits per heavy atom. The topological polar surface area (TPSA) is 118 Å². The van der Waals surface area contributed by atoms with E-state index in [-0.39, 0.29) is 54.5 Å². The number of carbonyl (C=O) groups is 3. The summed E-state index contributed by atoms with van der Waals surface area (Å²) in [4.78, 5) is 46.6. The SMILES string of the molecule is CCCCCC1COc2ccc(N3C(=N)c4cc(Cl)c5c6c(Cl)cc7c8c(cc(Cl)c(c9c(Cl)cc(c4c59)C3=O)c86)C(=O)N(c3ccc4c(c3)OCC(CCCCC)CO4)C7=O)cc2OC1. The highest BCUT2D eigenvalue weighted by molar-refractivity contribution is 6.57. The van der Waals surface area contributed by atoms with Crippen LogP contribution in [-0.2, 0) is 0 Å². The smallest absolute Gasteiger partial charge is 0.266 e. The van der Waals surface area contributed by atoms with Crippen molar-refractivity contribution in [2.45, 2.75) is 65.2 Å². The monoisotopic (exact) mass is 961 g/mol. The molecular formula is C52H43Cl4N3O7. The molecule has 0 radical (unpaired) electrons. The van der Waals surface area contributed by atoms with E-state index in [0.29, 0.717) is 109 Å². The van der Waals surface area contributed by atoms with E-state index in [9.17, 15) is 19.8 Å². The number of halogens is 4. The van der Waals surface area contributed by atoms with Crippen molar-refractivity contribution in [2.75, 3.05) is 36.2 Å². The summed E-state index contributed by atoms with van der Waals surface area (Å²) in [6.07, 6.45) is 8.68. The van der Waals surface area contributed by atoms with E-state index < -0.39 is 17.7 Å². The second-order valence-corrected chi connectivity index (χ2v) is 19.4. The first kappa shape index (κ1) is 43.1. The van der Waals surface area contributed by atoms with Crippen LogP contribution in [0.1, 0.15) is 102 Å². The molecule has 0 saturated heterocycles. The zero-order chi connectivity index (χ0) is 45.7. The third-order valence-electron chi connectivity index (χ3n) is 13.6. The van der Waals surface area contributed by atoms with Crippen LogP contribution in [0, 0.1) is 17.2 Å². The maximum Gasteiger partial charge on any atom is 0.266 e. The number of fused-ring (bicyclic) bond motifs is 4. The number of amides is 3. The summed E-state index contributed by atoms with van der Waals surface area (Å²) < 4.78 is 24.7. The number of ether oxygens (including phenoxy) is 4. The lowest BCUT2D eigenvalue weighted by Crippen LogP contribution is -2.40. The summed E-state index contributed by atoms with van der Waals surface area (Å²) in [5, 5.41) is 13.8. The van der Waals surface area contributed by atoms with E-state index in [1.807, 2.05) is 0 Å². The van der Waals surface area contributed by atoms with Gasteiger partial charge in [-0.1, -0.05) is 98.8 Å². The number of imide groups is 1. The van der Waals surface area contributed by atoms with Crippen molar-refractivity contribution >= 4 is 124 Å². The summed E-state index contributed by atoms with van der Waals surface area (Å²) in [5.41, 5.74) is 1.73. The van der Waals surface area contributed by atoms with E-state index in [2.05, 4.69) is 13.8 Å². The molecule has 14 heteroatoms. The van der Waals surface area contributed by atoms with Gasteiger partial charge in [-0.3, -0.25) is 24.7 Å². The van der Waals surface area contributed by atoms with Crippen LogP contribution in [0.4, 0.5) is 11.4 Å². The van der Waals surface area contributed by atoms with Crippen molar-refractivity contribution < 1.29 is 33.3 Å². The van der Waals surface area contributed by atoms with Gasteiger partial charge in [0.1, 0.15) is 5.84 Å². The molecule has 2 unspecified atom stereocenters. The van der Waals surface area contributed by atoms with Crippen LogP contribution in [0.5, 0.6) is 23.0 Å². The highest BCUT2D eigenvalue weighted by Crippen LogP contribution is 2.54. The predicted octanol–water partition coefficient (Wildman–Crippen LogP) is 14.1. The van der Waals surface area contributed by atoms with Crippen molar-refractivity contribution in [1.82, 2.24) is 0 Å². The van der Waals surface area contributed by atoms with Gasteiger partial charge in [0.15, 0.2) is 23.0 Å². The van der Waals surface area contributed by atoms with Crippen LogP contribution in [0.25, 0.3) is 43.1 Å². The van der Waals surface area contributed by atoms with Crippen molar-refractivity contribution in [3.63, 3.8) is 0 Å². The molecule has 7 aromatic rings. The molecule has 336 valence electrons. The average molecular weight is 964 g/mol. The Kier molecular flexibility index (Phi) is 10.9. The first-order valence-corrected chi connectivity index (χ1v) is 24.1. The highest BCUT2D eigenvalue weighted by atomic mass is 35.5. The number of hydrogen-bond donors (Lipinski definition) is 1. The fourth-order valence-electron chi connectivity index (χ4n) is 10.3.